The Morgan fingerprint density at radius 1 is 1.00 bits per heavy atom. The van der Waals surface area contributed by atoms with Crippen molar-refractivity contribution < 1.29 is 4.79 Å². The number of amides is 1. The largest absolute Gasteiger partial charge is 0.321 e. The smallest absolute Gasteiger partial charge is 0.255 e. The fourth-order valence-electron chi connectivity index (χ4n) is 3.01. The quantitative estimate of drug-likeness (QED) is 0.354. The molecule has 0 unspecified atom stereocenters. The van der Waals surface area contributed by atoms with E-state index in [1.807, 2.05) is 48.5 Å². The van der Waals surface area contributed by atoms with Gasteiger partial charge in [0.1, 0.15) is 5.01 Å². The summed E-state index contributed by atoms with van der Waals surface area (Å²) in [5, 5.41) is 4.55. The first-order valence-corrected chi connectivity index (χ1v) is 10.8. The lowest BCUT2D eigenvalue weighted by Gasteiger charge is -2.11. The number of rotatable bonds is 4. The highest BCUT2D eigenvalue weighted by Gasteiger charge is 2.15. The molecule has 3 aromatic carbocycles. The highest BCUT2D eigenvalue weighted by atomic mass is 35.5. The summed E-state index contributed by atoms with van der Waals surface area (Å²) < 4.78 is 1.07. The lowest BCUT2D eigenvalue weighted by Crippen LogP contribution is -2.12. The van der Waals surface area contributed by atoms with Crippen LogP contribution >= 0.6 is 34.5 Å². The third-order valence-corrected chi connectivity index (χ3v) is 6.36. The molecule has 6 heteroatoms. The van der Waals surface area contributed by atoms with Gasteiger partial charge < -0.3 is 5.32 Å². The zero-order valence-electron chi connectivity index (χ0n) is 15.9. The Labute approximate surface area is 183 Å². The zero-order chi connectivity index (χ0) is 20.5. The topological polar surface area (TPSA) is 42.0 Å². The molecular formula is C23H18Cl2N2OS. The molecule has 1 amide bonds. The number of benzene rings is 3. The molecule has 1 aromatic heterocycles. The Hall–Kier alpha value is -2.40. The van der Waals surface area contributed by atoms with Crippen LogP contribution in [0.25, 0.3) is 20.8 Å². The third-order valence-electron chi connectivity index (χ3n) is 4.67. The van der Waals surface area contributed by atoms with E-state index >= 15 is 0 Å². The Morgan fingerprint density at radius 2 is 1.72 bits per heavy atom. The van der Waals surface area contributed by atoms with Gasteiger partial charge in [-0.2, -0.15) is 0 Å². The molecule has 3 nitrogen and oxygen atoms in total. The summed E-state index contributed by atoms with van der Waals surface area (Å²) >= 11 is 14.3. The molecular weight excluding hydrogens is 423 g/mol. The van der Waals surface area contributed by atoms with Gasteiger partial charge in [-0.1, -0.05) is 61.3 Å². The van der Waals surface area contributed by atoms with Crippen LogP contribution in [0.4, 0.5) is 5.69 Å². The molecule has 0 atom stereocenters. The second kappa shape index (κ2) is 8.15. The third kappa shape index (κ3) is 4.15. The van der Waals surface area contributed by atoms with E-state index in [0.29, 0.717) is 27.2 Å². The molecule has 0 fully saturated rings. The second-order valence-electron chi connectivity index (χ2n) is 7.03. The zero-order valence-corrected chi connectivity index (χ0v) is 18.2. The van der Waals surface area contributed by atoms with Gasteiger partial charge in [-0.05, 0) is 47.9 Å². The molecule has 0 saturated carbocycles. The number of fused-ring (bicyclic) bond motifs is 1. The number of carbonyl (C=O) groups excluding carboxylic acids is 1. The van der Waals surface area contributed by atoms with Crippen molar-refractivity contribution >= 4 is 56.3 Å². The maximum Gasteiger partial charge on any atom is 0.255 e. The Morgan fingerprint density at radius 3 is 2.41 bits per heavy atom. The number of thiazole rings is 1. The van der Waals surface area contributed by atoms with Crippen molar-refractivity contribution in [1.29, 1.82) is 0 Å². The molecule has 29 heavy (non-hydrogen) atoms. The van der Waals surface area contributed by atoms with Gasteiger partial charge >= 0.3 is 0 Å². The van der Waals surface area contributed by atoms with Gasteiger partial charge in [-0.15, -0.1) is 11.3 Å². The SMILES string of the molecule is CC(C)c1ccc(C(=O)Nc2cc(-c3nc4ccccc4s3)c(Cl)cc2Cl)cc1. The molecule has 0 bridgehead atoms. The van der Waals surface area contributed by atoms with Gasteiger partial charge in [0.2, 0.25) is 0 Å². The molecule has 0 saturated heterocycles. The summed E-state index contributed by atoms with van der Waals surface area (Å²) in [6.07, 6.45) is 0. The van der Waals surface area contributed by atoms with Gasteiger partial charge in [0.05, 0.1) is 25.9 Å². The van der Waals surface area contributed by atoms with E-state index in [0.717, 1.165) is 20.8 Å². The predicted octanol–water partition coefficient (Wildman–Crippen LogP) is 7.65. The Kier molecular flexibility index (Phi) is 5.59. The van der Waals surface area contributed by atoms with Gasteiger partial charge in [-0.3, -0.25) is 4.79 Å². The number of hydrogen-bond acceptors (Lipinski definition) is 3. The fraction of sp³-hybridized carbons (Fsp3) is 0.130. The molecule has 0 aliphatic carbocycles. The maximum atomic E-state index is 12.7. The summed E-state index contributed by atoms with van der Waals surface area (Å²) in [5.41, 5.74) is 3.91. The number of nitrogens with one attached hydrogen (secondary N) is 1. The number of hydrogen-bond donors (Lipinski definition) is 1. The van der Waals surface area contributed by atoms with E-state index in [4.69, 9.17) is 23.2 Å². The van der Waals surface area contributed by atoms with Gasteiger partial charge in [-0.25, -0.2) is 4.98 Å². The van der Waals surface area contributed by atoms with E-state index in [-0.39, 0.29) is 5.91 Å². The highest BCUT2D eigenvalue weighted by Crippen LogP contribution is 2.39. The summed E-state index contributed by atoms with van der Waals surface area (Å²) in [5.74, 6) is 0.189. The summed E-state index contributed by atoms with van der Waals surface area (Å²) in [7, 11) is 0. The van der Waals surface area contributed by atoms with Crippen molar-refractivity contribution in [3.05, 3.63) is 81.8 Å². The lowest BCUT2D eigenvalue weighted by molar-refractivity contribution is 0.102. The van der Waals surface area contributed by atoms with Crippen LogP contribution in [0.15, 0.2) is 60.7 Å². The molecule has 0 aliphatic heterocycles. The first-order valence-electron chi connectivity index (χ1n) is 9.18. The van der Waals surface area contributed by atoms with Gasteiger partial charge in [0.25, 0.3) is 5.91 Å². The first kappa shape index (κ1) is 19.9. The molecule has 0 spiro atoms. The van der Waals surface area contributed by atoms with Gasteiger partial charge in [0.15, 0.2) is 0 Å². The van der Waals surface area contributed by atoms with E-state index in [9.17, 15) is 4.79 Å². The van der Waals surface area contributed by atoms with Gasteiger partial charge in [0, 0.05) is 11.1 Å². The van der Waals surface area contributed by atoms with Crippen LogP contribution in [0.5, 0.6) is 0 Å². The molecule has 0 aliphatic rings. The highest BCUT2D eigenvalue weighted by molar-refractivity contribution is 7.21. The molecule has 1 N–H and O–H groups in total. The van der Waals surface area contributed by atoms with Crippen molar-refractivity contribution in [1.82, 2.24) is 4.98 Å². The minimum atomic E-state index is -0.222. The van der Waals surface area contributed by atoms with Crippen LogP contribution < -0.4 is 5.32 Å². The molecule has 4 aromatic rings. The summed E-state index contributed by atoms with van der Waals surface area (Å²) in [4.78, 5) is 17.4. The number of anilines is 1. The molecule has 0 radical (unpaired) electrons. The standard InChI is InChI=1S/C23H18Cl2N2OS/c1-13(2)14-7-9-15(10-8-14)22(28)26-20-11-16(17(24)12-18(20)25)23-27-19-5-3-4-6-21(19)29-23/h3-13H,1-2H3,(H,26,28). The first-order chi connectivity index (χ1) is 13.9. The number of aromatic nitrogens is 1. The van der Waals surface area contributed by atoms with Crippen LogP contribution in [-0.4, -0.2) is 10.9 Å². The molecule has 146 valence electrons. The van der Waals surface area contributed by atoms with E-state index in [1.54, 1.807) is 23.5 Å². The van der Waals surface area contributed by atoms with Crippen LogP contribution in [0.1, 0.15) is 35.7 Å². The lowest BCUT2D eigenvalue weighted by atomic mass is 10.0. The summed E-state index contributed by atoms with van der Waals surface area (Å²) in [6, 6.07) is 18.9. The van der Waals surface area contributed by atoms with E-state index < -0.39 is 0 Å². The number of carbonyl (C=O) groups is 1. The van der Waals surface area contributed by atoms with Crippen molar-refractivity contribution in [3.63, 3.8) is 0 Å². The van der Waals surface area contributed by atoms with Crippen LogP contribution in [0, 0.1) is 0 Å². The average Bonchev–Trinajstić information content (AvgIpc) is 3.14. The van der Waals surface area contributed by atoms with Crippen LogP contribution in [0.2, 0.25) is 10.0 Å². The number of para-hydroxylation sites is 1. The van der Waals surface area contributed by atoms with Crippen LogP contribution in [0.3, 0.4) is 0 Å². The second-order valence-corrected chi connectivity index (χ2v) is 8.87. The monoisotopic (exact) mass is 440 g/mol. The normalized spacial score (nSPS) is 11.2. The molecule has 1 heterocycles. The Balaban J connectivity index is 1.65. The minimum absolute atomic E-state index is 0.222. The van der Waals surface area contributed by atoms with Crippen molar-refractivity contribution in [2.45, 2.75) is 19.8 Å². The predicted molar refractivity (Wildman–Crippen MR) is 124 cm³/mol. The van der Waals surface area contributed by atoms with Crippen molar-refractivity contribution in [3.8, 4) is 10.6 Å². The van der Waals surface area contributed by atoms with Crippen LogP contribution in [-0.2, 0) is 0 Å². The van der Waals surface area contributed by atoms with Crippen molar-refractivity contribution in [2.75, 3.05) is 5.32 Å². The Bertz CT molecular complexity index is 1170. The van der Waals surface area contributed by atoms with E-state index in [1.165, 1.54) is 5.56 Å². The summed E-state index contributed by atoms with van der Waals surface area (Å²) in [6.45, 7) is 4.23. The average molecular weight is 441 g/mol. The van der Waals surface area contributed by atoms with Crippen molar-refractivity contribution in [2.24, 2.45) is 0 Å². The maximum absolute atomic E-state index is 12.7. The van der Waals surface area contributed by atoms with E-state index in [2.05, 4.69) is 24.1 Å². The number of nitrogens with zero attached hydrogens (tertiary/aromatic N) is 1. The number of halogens is 2. The fourth-order valence-corrected chi connectivity index (χ4v) is 4.58. The molecule has 4 rings (SSSR count). The minimum Gasteiger partial charge on any atom is -0.321 e.